The Hall–Kier alpha value is -4.16. The normalized spacial score (nSPS) is 16.2. The van der Waals surface area contributed by atoms with Gasteiger partial charge in [0.2, 0.25) is 0 Å². The molecule has 1 saturated carbocycles. The summed E-state index contributed by atoms with van der Waals surface area (Å²) >= 11 is 11.7. The van der Waals surface area contributed by atoms with E-state index in [4.69, 9.17) is 33.1 Å². The van der Waals surface area contributed by atoms with Gasteiger partial charge in [-0.2, -0.15) is 13.2 Å². The number of alkyl halides is 3. The first kappa shape index (κ1) is 27.9. The number of aliphatic carboxylic acids is 1. The SMILES string of the molecule is O=C(Nc1cccc2ncn([C@@H]3C[C@H]3c3ccccc3)c(=O)c12)c1cc(Cl)c(O)c(Cl)n1.O=C(O)C(F)(F)F. The first-order chi connectivity index (χ1) is 18.4. The average Bonchev–Trinajstić information content (AvgIpc) is 3.68. The van der Waals surface area contributed by atoms with Crippen molar-refractivity contribution in [2.24, 2.45) is 0 Å². The van der Waals surface area contributed by atoms with E-state index in [2.05, 4.69) is 27.4 Å². The molecule has 0 bridgehead atoms. The van der Waals surface area contributed by atoms with Crippen molar-refractivity contribution in [2.45, 2.75) is 24.6 Å². The van der Waals surface area contributed by atoms with Crippen LogP contribution in [0.15, 0.2) is 65.7 Å². The molecule has 1 aliphatic rings. The summed E-state index contributed by atoms with van der Waals surface area (Å²) in [5, 5.41) is 19.4. The lowest BCUT2D eigenvalue weighted by molar-refractivity contribution is -0.192. The molecule has 9 nitrogen and oxygen atoms in total. The number of aromatic nitrogens is 3. The third-order valence-electron chi connectivity index (χ3n) is 5.78. The molecule has 4 aromatic rings. The summed E-state index contributed by atoms with van der Waals surface area (Å²) in [5.41, 5.74) is 1.63. The highest BCUT2D eigenvalue weighted by Gasteiger charge is 2.41. The molecule has 2 heterocycles. The number of carbonyl (C=O) groups excluding carboxylic acids is 1. The van der Waals surface area contributed by atoms with Gasteiger partial charge in [-0.3, -0.25) is 14.2 Å². The molecule has 1 aliphatic carbocycles. The lowest BCUT2D eigenvalue weighted by Gasteiger charge is -2.11. The summed E-state index contributed by atoms with van der Waals surface area (Å²) in [6, 6.07) is 16.3. The summed E-state index contributed by atoms with van der Waals surface area (Å²) in [4.78, 5) is 43.3. The number of carboxylic acid groups (broad SMARTS) is 1. The van der Waals surface area contributed by atoms with E-state index >= 15 is 0 Å². The molecule has 0 unspecified atom stereocenters. The molecule has 202 valence electrons. The number of nitrogens with one attached hydrogen (secondary N) is 1. The number of benzene rings is 2. The van der Waals surface area contributed by atoms with Crippen molar-refractivity contribution in [1.29, 1.82) is 0 Å². The highest BCUT2D eigenvalue weighted by Crippen LogP contribution is 2.50. The highest BCUT2D eigenvalue weighted by molar-refractivity contribution is 6.36. The van der Waals surface area contributed by atoms with E-state index in [9.17, 15) is 27.9 Å². The Bertz CT molecular complexity index is 1610. The molecule has 0 spiro atoms. The zero-order valence-electron chi connectivity index (χ0n) is 19.5. The fraction of sp³-hybridized carbons (Fsp3) is 0.160. The van der Waals surface area contributed by atoms with Gasteiger partial charge < -0.3 is 15.5 Å². The van der Waals surface area contributed by atoms with Crippen molar-refractivity contribution < 1.29 is 33.0 Å². The molecule has 0 radical (unpaired) electrons. The average molecular weight is 581 g/mol. The van der Waals surface area contributed by atoms with E-state index in [-0.39, 0.29) is 33.4 Å². The fourth-order valence-corrected chi connectivity index (χ4v) is 4.28. The summed E-state index contributed by atoms with van der Waals surface area (Å²) in [7, 11) is 0. The maximum absolute atomic E-state index is 13.4. The summed E-state index contributed by atoms with van der Waals surface area (Å²) in [6.07, 6.45) is -2.68. The Morgan fingerprint density at radius 2 is 1.74 bits per heavy atom. The van der Waals surface area contributed by atoms with Gasteiger partial charge in [-0.05, 0) is 30.2 Å². The van der Waals surface area contributed by atoms with Gasteiger partial charge in [0.15, 0.2) is 10.9 Å². The number of hydrogen-bond donors (Lipinski definition) is 3. The number of hydrogen-bond acceptors (Lipinski definition) is 6. The van der Waals surface area contributed by atoms with E-state index in [1.807, 2.05) is 18.2 Å². The van der Waals surface area contributed by atoms with Crippen LogP contribution in [0.3, 0.4) is 0 Å². The molecule has 0 aliphatic heterocycles. The Labute approximate surface area is 227 Å². The van der Waals surface area contributed by atoms with Gasteiger partial charge in [-0.15, -0.1) is 0 Å². The van der Waals surface area contributed by atoms with Gasteiger partial charge in [0, 0.05) is 12.0 Å². The molecule has 1 amide bonds. The van der Waals surface area contributed by atoms with Crippen LogP contribution in [-0.4, -0.2) is 42.8 Å². The Morgan fingerprint density at radius 1 is 1.08 bits per heavy atom. The minimum atomic E-state index is -5.08. The van der Waals surface area contributed by atoms with Crippen molar-refractivity contribution in [2.75, 3.05) is 5.32 Å². The minimum absolute atomic E-state index is 0.0157. The van der Waals surface area contributed by atoms with Gasteiger partial charge in [0.1, 0.15) is 5.69 Å². The van der Waals surface area contributed by atoms with E-state index in [1.54, 1.807) is 29.1 Å². The first-order valence-corrected chi connectivity index (χ1v) is 11.9. The third kappa shape index (κ3) is 6.13. The highest BCUT2D eigenvalue weighted by atomic mass is 35.5. The lowest BCUT2D eigenvalue weighted by Crippen LogP contribution is -2.22. The van der Waals surface area contributed by atoms with Gasteiger partial charge in [-0.1, -0.05) is 59.6 Å². The molecular formula is C25H17Cl2F3N4O5. The second kappa shape index (κ2) is 10.9. The van der Waals surface area contributed by atoms with Crippen LogP contribution in [0.4, 0.5) is 18.9 Å². The number of rotatable bonds is 4. The van der Waals surface area contributed by atoms with Crippen molar-refractivity contribution >= 4 is 51.7 Å². The number of carboxylic acids is 1. The molecule has 5 rings (SSSR count). The standard InChI is InChI=1S/C23H16Cl2N4O3.C2HF3O2/c24-14-10-17(27-21(25)20(14)30)22(31)28-16-8-4-7-15-19(16)23(32)29(11-26-15)18-9-13(18)12-5-2-1-3-6-12;3-2(4,5)1(6)7/h1-8,10-11,13,18,30H,9H2,(H,28,31);(H,6,7)/t13-,18+;/m0./s1. The molecule has 3 N–H and O–H groups in total. The second-order valence-corrected chi connectivity index (χ2v) is 9.13. The number of anilines is 1. The molecule has 1 fully saturated rings. The predicted octanol–water partition coefficient (Wildman–Crippen LogP) is 5.42. The smallest absolute Gasteiger partial charge is 0.490 e. The van der Waals surface area contributed by atoms with Crippen LogP contribution in [0, 0.1) is 0 Å². The van der Waals surface area contributed by atoms with Gasteiger partial charge in [0.25, 0.3) is 11.5 Å². The predicted molar refractivity (Wildman–Crippen MR) is 136 cm³/mol. The molecule has 2 atom stereocenters. The van der Waals surface area contributed by atoms with Crippen LogP contribution in [0.1, 0.15) is 34.4 Å². The number of fused-ring (bicyclic) bond motifs is 1. The summed E-state index contributed by atoms with van der Waals surface area (Å²) in [6.45, 7) is 0. The number of amides is 1. The number of pyridine rings is 1. The van der Waals surface area contributed by atoms with E-state index < -0.39 is 23.8 Å². The molecular weight excluding hydrogens is 564 g/mol. The number of halogens is 5. The Kier molecular flexibility index (Phi) is 7.79. The summed E-state index contributed by atoms with van der Waals surface area (Å²) < 4.78 is 33.4. The largest absolute Gasteiger partial charge is 0.504 e. The van der Waals surface area contributed by atoms with Crippen molar-refractivity contribution in [3.8, 4) is 5.75 Å². The van der Waals surface area contributed by atoms with Crippen LogP contribution in [0.2, 0.25) is 10.2 Å². The Morgan fingerprint density at radius 3 is 2.36 bits per heavy atom. The fourth-order valence-electron chi connectivity index (χ4n) is 3.85. The van der Waals surface area contributed by atoms with E-state index in [0.717, 1.165) is 6.42 Å². The number of aromatic hydroxyl groups is 1. The zero-order valence-corrected chi connectivity index (χ0v) is 21.0. The second-order valence-electron chi connectivity index (χ2n) is 8.36. The quantitative estimate of drug-likeness (QED) is 0.274. The van der Waals surface area contributed by atoms with Gasteiger partial charge in [0.05, 0.1) is 27.9 Å². The molecule has 0 saturated heterocycles. The maximum atomic E-state index is 13.4. The molecule has 39 heavy (non-hydrogen) atoms. The van der Waals surface area contributed by atoms with Crippen molar-refractivity contribution in [1.82, 2.24) is 14.5 Å². The van der Waals surface area contributed by atoms with Crippen molar-refractivity contribution in [3.05, 3.63) is 92.7 Å². The van der Waals surface area contributed by atoms with Crippen LogP contribution in [0.5, 0.6) is 5.75 Å². The van der Waals surface area contributed by atoms with E-state index in [1.165, 1.54) is 11.6 Å². The van der Waals surface area contributed by atoms with Gasteiger partial charge in [-0.25, -0.2) is 14.8 Å². The topological polar surface area (TPSA) is 134 Å². The van der Waals surface area contributed by atoms with Crippen LogP contribution in [0.25, 0.3) is 10.9 Å². The van der Waals surface area contributed by atoms with Gasteiger partial charge >= 0.3 is 12.1 Å². The van der Waals surface area contributed by atoms with Crippen LogP contribution in [-0.2, 0) is 4.79 Å². The monoisotopic (exact) mass is 580 g/mol. The van der Waals surface area contributed by atoms with E-state index in [0.29, 0.717) is 16.6 Å². The number of nitrogens with zero attached hydrogens (tertiary/aromatic N) is 3. The van der Waals surface area contributed by atoms with Crippen molar-refractivity contribution in [3.63, 3.8) is 0 Å². The molecule has 2 aromatic heterocycles. The summed E-state index contributed by atoms with van der Waals surface area (Å²) in [5.74, 6) is -3.53. The maximum Gasteiger partial charge on any atom is 0.490 e. The Balaban J connectivity index is 0.000000448. The van der Waals surface area contributed by atoms with Crippen LogP contribution >= 0.6 is 23.2 Å². The minimum Gasteiger partial charge on any atom is -0.504 e. The number of carbonyl (C=O) groups is 2. The molecule has 14 heteroatoms. The first-order valence-electron chi connectivity index (χ1n) is 11.1. The van der Waals surface area contributed by atoms with Crippen LogP contribution < -0.4 is 10.9 Å². The molecule has 2 aromatic carbocycles. The third-order valence-corrected chi connectivity index (χ3v) is 6.33. The zero-order chi connectivity index (χ0) is 28.5. The lowest BCUT2D eigenvalue weighted by atomic mass is 10.1.